The summed E-state index contributed by atoms with van der Waals surface area (Å²) >= 11 is 0. The fourth-order valence-corrected chi connectivity index (χ4v) is 2.04. The number of hydrogen-bond acceptors (Lipinski definition) is 3. The molecule has 1 atom stereocenters. The molecule has 1 heterocycles. The summed E-state index contributed by atoms with van der Waals surface area (Å²) in [6.45, 7) is 1.84. The summed E-state index contributed by atoms with van der Waals surface area (Å²) in [5.74, 6) is -0.119. The molecule has 1 unspecified atom stereocenters. The molecule has 4 heteroatoms. The molecule has 0 bridgehead atoms. The number of carbonyl (C=O) groups is 2. The van der Waals surface area contributed by atoms with Crippen LogP contribution in [0.15, 0.2) is 18.2 Å². The van der Waals surface area contributed by atoms with E-state index in [0.717, 1.165) is 25.0 Å². The van der Waals surface area contributed by atoms with Gasteiger partial charge in [-0.15, -0.1) is 0 Å². The first-order valence-corrected chi connectivity index (χ1v) is 5.94. The molecule has 0 aromatic carbocycles. The highest BCUT2D eigenvalue weighted by atomic mass is 16.2. The first kappa shape index (κ1) is 11.8. The molecular formula is C13H16N2O2. The third-order valence-corrected chi connectivity index (χ3v) is 2.98. The van der Waals surface area contributed by atoms with E-state index in [2.05, 4.69) is 10.3 Å². The number of rotatable bonds is 2. The summed E-state index contributed by atoms with van der Waals surface area (Å²) in [7, 11) is 0. The maximum absolute atomic E-state index is 11.9. The second-order valence-corrected chi connectivity index (χ2v) is 4.40. The molecule has 1 fully saturated rings. The summed E-state index contributed by atoms with van der Waals surface area (Å²) in [4.78, 5) is 27.6. The van der Waals surface area contributed by atoms with Crippen molar-refractivity contribution in [2.24, 2.45) is 0 Å². The van der Waals surface area contributed by atoms with Gasteiger partial charge in [0.25, 0.3) is 5.91 Å². The van der Waals surface area contributed by atoms with Crippen LogP contribution >= 0.6 is 0 Å². The van der Waals surface area contributed by atoms with Crippen molar-refractivity contribution in [3.63, 3.8) is 0 Å². The number of pyridine rings is 1. The Morgan fingerprint density at radius 1 is 1.41 bits per heavy atom. The van der Waals surface area contributed by atoms with Crippen LogP contribution in [0.2, 0.25) is 0 Å². The predicted molar refractivity (Wildman–Crippen MR) is 63.7 cm³/mol. The van der Waals surface area contributed by atoms with Crippen LogP contribution in [0, 0.1) is 6.92 Å². The predicted octanol–water partition coefficient (Wildman–Crippen LogP) is 1.63. The molecule has 0 aliphatic heterocycles. The van der Waals surface area contributed by atoms with E-state index in [0.29, 0.717) is 12.1 Å². The van der Waals surface area contributed by atoms with Crippen LogP contribution in [0.5, 0.6) is 0 Å². The highest BCUT2D eigenvalue weighted by molar-refractivity contribution is 5.96. The molecule has 0 spiro atoms. The van der Waals surface area contributed by atoms with Gasteiger partial charge in [0, 0.05) is 12.1 Å². The molecule has 1 aromatic rings. The van der Waals surface area contributed by atoms with Gasteiger partial charge in [-0.1, -0.05) is 12.5 Å². The number of Topliss-reactive ketones (excluding diaryl/α,β-unsaturated/α-hetero) is 1. The van der Waals surface area contributed by atoms with E-state index >= 15 is 0 Å². The summed E-state index contributed by atoms with van der Waals surface area (Å²) < 4.78 is 0. The zero-order chi connectivity index (χ0) is 12.3. The fourth-order valence-electron chi connectivity index (χ4n) is 2.04. The molecule has 17 heavy (non-hydrogen) atoms. The second kappa shape index (κ2) is 5.08. The Morgan fingerprint density at radius 2 is 2.24 bits per heavy atom. The Balaban J connectivity index is 2.03. The Kier molecular flexibility index (Phi) is 3.52. The minimum atomic E-state index is -0.321. The minimum absolute atomic E-state index is 0.136. The maximum atomic E-state index is 11.9. The minimum Gasteiger partial charge on any atom is -0.341 e. The van der Waals surface area contributed by atoms with Gasteiger partial charge in [-0.05, 0) is 31.9 Å². The van der Waals surface area contributed by atoms with E-state index in [1.54, 1.807) is 12.1 Å². The molecule has 4 nitrogen and oxygen atoms in total. The maximum Gasteiger partial charge on any atom is 0.270 e. The molecule has 1 aromatic heterocycles. The average Bonchev–Trinajstić information content (AvgIpc) is 2.32. The molecular weight excluding hydrogens is 216 g/mol. The van der Waals surface area contributed by atoms with Crippen molar-refractivity contribution in [3.8, 4) is 0 Å². The van der Waals surface area contributed by atoms with E-state index in [-0.39, 0.29) is 17.7 Å². The third kappa shape index (κ3) is 2.90. The van der Waals surface area contributed by atoms with Crippen LogP contribution in [0.25, 0.3) is 0 Å². The number of nitrogens with zero attached hydrogens (tertiary/aromatic N) is 1. The lowest BCUT2D eigenvalue weighted by atomic mass is 9.94. The van der Waals surface area contributed by atoms with Crippen molar-refractivity contribution >= 4 is 11.7 Å². The summed E-state index contributed by atoms with van der Waals surface area (Å²) in [6, 6.07) is 4.97. The number of nitrogens with one attached hydrogen (secondary N) is 1. The van der Waals surface area contributed by atoms with Crippen LogP contribution < -0.4 is 5.32 Å². The van der Waals surface area contributed by atoms with Crippen molar-refractivity contribution < 1.29 is 9.59 Å². The van der Waals surface area contributed by atoms with Gasteiger partial charge in [0.15, 0.2) is 5.78 Å². The van der Waals surface area contributed by atoms with Crippen molar-refractivity contribution in [2.75, 3.05) is 0 Å². The van der Waals surface area contributed by atoms with Gasteiger partial charge in [0.05, 0.1) is 6.04 Å². The van der Waals surface area contributed by atoms with Crippen molar-refractivity contribution in [1.82, 2.24) is 10.3 Å². The van der Waals surface area contributed by atoms with Crippen LogP contribution in [-0.4, -0.2) is 22.7 Å². The highest BCUT2D eigenvalue weighted by Crippen LogP contribution is 2.14. The Morgan fingerprint density at radius 3 is 2.94 bits per heavy atom. The van der Waals surface area contributed by atoms with E-state index in [1.165, 1.54) is 0 Å². The highest BCUT2D eigenvalue weighted by Gasteiger charge is 2.24. The largest absolute Gasteiger partial charge is 0.341 e. The molecule has 0 radical (unpaired) electrons. The molecule has 1 aliphatic carbocycles. The normalized spacial score (nSPS) is 20.1. The van der Waals surface area contributed by atoms with E-state index in [4.69, 9.17) is 0 Å². The van der Waals surface area contributed by atoms with Crippen molar-refractivity contribution in [2.45, 2.75) is 38.6 Å². The van der Waals surface area contributed by atoms with Gasteiger partial charge in [-0.25, -0.2) is 4.98 Å². The van der Waals surface area contributed by atoms with E-state index < -0.39 is 0 Å². The summed E-state index contributed by atoms with van der Waals surface area (Å²) in [5.41, 5.74) is 1.18. The molecule has 90 valence electrons. The fraction of sp³-hybridized carbons (Fsp3) is 0.462. The summed E-state index contributed by atoms with van der Waals surface area (Å²) in [5, 5.41) is 2.76. The molecule has 2 rings (SSSR count). The third-order valence-electron chi connectivity index (χ3n) is 2.98. The molecule has 1 N–H and O–H groups in total. The van der Waals surface area contributed by atoms with Crippen LogP contribution in [0.4, 0.5) is 0 Å². The first-order chi connectivity index (χ1) is 8.16. The number of aryl methyl sites for hydroxylation is 1. The second-order valence-electron chi connectivity index (χ2n) is 4.40. The van der Waals surface area contributed by atoms with Crippen LogP contribution in [-0.2, 0) is 4.79 Å². The SMILES string of the molecule is Cc1cccc(C(=O)NC2CCCCC2=O)n1. The van der Waals surface area contributed by atoms with Crippen LogP contribution in [0.1, 0.15) is 41.9 Å². The van der Waals surface area contributed by atoms with Crippen LogP contribution in [0.3, 0.4) is 0 Å². The topological polar surface area (TPSA) is 59.1 Å². The number of aromatic nitrogens is 1. The van der Waals surface area contributed by atoms with Gasteiger partial charge in [0.2, 0.25) is 0 Å². The van der Waals surface area contributed by atoms with Crippen molar-refractivity contribution in [1.29, 1.82) is 0 Å². The molecule has 1 saturated carbocycles. The quantitative estimate of drug-likeness (QED) is 0.843. The van der Waals surface area contributed by atoms with Gasteiger partial charge >= 0.3 is 0 Å². The average molecular weight is 232 g/mol. The molecule has 0 saturated heterocycles. The van der Waals surface area contributed by atoms with Gasteiger partial charge in [0.1, 0.15) is 5.69 Å². The number of hydrogen-bond donors (Lipinski definition) is 1. The molecule has 1 amide bonds. The zero-order valence-corrected chi connectivity index (χ0v) is 9.90. The first-order valence-electron chi connectivity index (χ1n) is 5.94. The van der Waals surface area contributed by atoms with Gasteiger partial charge < -0.3 is 5.32 Å². The Labute approximate surface area is 100 Å². The lowest BCUT2D eigenvalue weighted by molar-refractivity contribution is -0.122. The Hall–Kier alpha value is -1.71. The molecule has 1 aliphatic rings. The monoisotopic (exact) mass is 232 g/mol. The van der Waals surface area contributed by atoms with E-state index in [9.17, 15) is 9.59 Å². The smallest absolute Gasteiger partial charge is 0.270 e. The van der Waals surface area contributed by atoms with Gasteiger partial charge in [-0.3, -0.25) is 9.59 Å². The number of ketones is 1. The van der Waals surface area contributed by atoms with Crippen molar-refractivity contribution in [3.05, 3.63) is 29.6 Å². The summed E-state index contributed by atoms with van der Waals surface area (Å²) in [6.07, 6.45) is 3.26. The standard InChI is InChI=1S/C13H16N2O2/c1-9-5-4-7-11(14-9)13(17)15-10-6-2-3-8-12(10)16/h4-5,7,10H,2-3,6,8H2,1H3,(H,15,17). The lowest BCUT2D eigenvalue weighted by Crippen LogP contribution is -2.42. The Bertz CT molecular complexity index is 443. The van der Waals surface area contributed by atoms with Gasteiger partial charge in [-0.2, -0.15) is 0 Å². The number of carbonyl (C=O) groups excluding carboxylic acids is 2. The zero-order valence-electron chi connectivity index (χ0n) is 9.90. The lowest BCUT2D eigenvalue weighted by Gasteiger charge is -2.21. The van der Waals surface area contributed by atoms with E-state index in [1.807, 2.05) is 13.0 Å². The number of amides is 1.